The first-order chi connectivity index (χ1) is 14.5. The first-order valence-corrected chi connectivity index (χ1v) is 10.4. The zero-order chi connectivity index (χ0) is 21.5. The van der Waals surface area contributed by atoms with Gasteiger partial charge in [0.25, 0.3) is 0 Å². The predicted octanol–water partition coefficient (Wildman–Crippen LogP) is 7.28. The van der Waals surface area contributed by atoms with Crippen molar-refractivity contribution in [1.29, 1.82) is 5.26 Å². The van der Waals surface area contributed by atoms with Crippen molar-refractivity contribution in [3.63, 3.8) is 0 Å². The number of halogens is 3. The Morgan fingerprint density at radius 3 is 2.57 bits per heavy atom. The van der Waals surface area contributed by atoms with Crippen molar-refractivity contribution in [3.8, 4) is 17.6 Å². The van der Waals surface area contributed by atoms with Gasteiger partial charge in [0.15, 0.2) is 11.5 Å². The van der Waals surface area contributed by atoms with E-state index in [1.165, 1.54) is 12.1 Å². The van der Waals surface area contributed by atoms with E-state index in [1.54, 1.807) is 42.5 Å². The molecule has 30 heavy (non-hydrogen) atoms. The second kappa shape index (κ2) is 10.3. The summed E-state index contributed by atoms with van der Waals surface area (Å²) in [5.74, 6) is 0.734. The van der Waals surface area contributed by atoms with Gasteiger partial charge >= 0.3 is 0 Å². The summed E-state index contributed by atoms with van der Waals surface area (Å²) in [6, 6.07) is 19.2. The molecule has 152 valence electrons. The quantitative estimate of drug-likeness (QED) is 0.260. The number of nitriles is 1. The van der Waals surface area contributed by atoms with Gasteiger partial charge < -0.3 is 9.47 Å². The maximum absolute atomic E-state index is 13.4. The highest BCUT2D eigenvalue weighted by Crippen LogP contribution is 2.38. The molecule has 3 nitrogen and oxygen atoms in total. The lowest BCUT2D eigenvalue weighted by Gasteiger charge is -2.15. The van der Waals surface area contributed by atoms with Crippen LogP contribution in [0.3, 0.4) is 0 Å². The van der Waals surface area contributed by atoms with Crippen LogP contribution in [0.25, 0.3) is 11.6 Å². The van der Waals surface area contributed by atoms with Crippen LogP contribution >= 0.6 is 27.5 Å². The molecular formula is C24H18BrClFNO2. The fraction of sp³-hybridized carbons (Fsp3) is 0.125. The third-order valence-corrected chi connectivity index (χ3v) is 5.03. The van der Waals surface area contributed by atoms with E-state index in [4.69, 9.17) is 21.1 Å². The fourth-order valence-electron chi connectivity index (χ4n) is 2.83. The summed E-state index contributed by atoms with van der Waals surface area (Å²) in [7, 11) is 0. The average molecular weight is 487 g/mol. The molecule has 0 aromatic heterocycles. The van der Waals surface area contributed by atoms with Gasteiger partial charge in [-0.2, -0.15) is 5.26 Å². The number of ether oxygens (including phenoxy) is 2. The van der Waals surface area contributed by atoms with Gasteiger partial charge in [0.1, 0.15) is 12.4 Å². The SMILES string of the molecule is CCOc1cc(/C=C(\C#N)c2ccc(Cl)cc2)cc(Br)c1OCc1cccc(F)c1. The normalized spacial score (nSPS) is 11.1. The Morgan fingerprint density at radius 1 is 1.13 bits per heavy atom. The fourth-order valence-corrected chi connectivity index (χ4v) is 3.53. The van der Waals surface area contributed by atoms with Gasteiger partial charge in [0.2, 0.25) is 0 Å². The van der Waals surface area contributed by atoms with Crippen molar-refractivity contribution in [2.24, 2.45) is 0 Å². The van der Waals surface area contributed by atoms with Crippen LogP contribution in [0.5, 0.6) is 11.5 Å². The molecule has 0 aliphatic heterocycles. The van der Waals surface area contributed by atoms with Crippen LogP contribution in [0.1, 0.15) is 23.6 Å². The molecule has 6 heteroatoms. The van der Waals surface area contributed by atoms with E-state index in [0.717, 1.165) is 11.1 Å². The number of allylic oxidation sites excluding steroid dienone is 1. The highest BCUT2D eigenvalue weighted by atomic mass is 79.9. The molecule has 0 radical (unpaired) electrons. The second-order valence-electron chi connectivity index (χ2n) is 6.36. The van der Waals surface area contributed by atoms with Crippen LogP contribution in [0.4, 0.5) is 4.39 Å². The van der Waals surface area contributed by atoms with E-state index in [1.807, 2.05) is 19.1 Å². The molecule has 0 aliphatic rings. The summed E-state index contributed by atoms with van der Waals surface area (Å²) >= 11 is 9.46. The minimum atomic E-state index is -0.313. The molecule has 0 fully saturated rings. The molecule has 0 saturated carbocycles. The maximum atomic E-state index is 13.4. The molecule has 0 unspecified atom stereocenters. The van der Waals surface area contributed by atoms with Crippen molar-refractivity contribution >= 4 is 39.2 Å². The van der Waals surface area contributed by atoms with Crippen LogP contribution in [-0.2, 0) is 6.61 Å². The van der Waals surface area contributed by atoms with Gasteiger partial charge in [-0.15, -0.1) is 0 Å². The molecule has 3 rings (SSSR count). The van der Waals surface area contributed by atoms with E-state index < -0.39 is 0 Å². The summed E-state index contributed by atoms with van der Waals surface area (Å²) in [6.45, 7) is 2.51. The molecular weight excluding hydrogens is 469 g/mol. The standard InChI is InChI=1S/C24H18BrClFNO2/c1-2-29-23-13-17(10-19(14-28)18-6-8-20(26)9-7-18)12-22(25)24(23)30-15-16-4-3-5-21(27)11-16/h3-13H,2,15H2,1H3/b19-10+. The molecule has 0 spiro atoms. The number of rotatable bonds is 7. The Bertz CT molecular complexity index is 1110. The van der Waals surface area contributed by atoms with Crippen molar-refractivity contribution in [1.82, 2.24) is 0 Å². The molecule has 3 aromatic rings. The van der Waals surface area contributed by atoms with E-state index in [2.05, 4.69) is 22.0 Å². The lowest BCUT2D eigenvalue weighted by molar-refractivity contribution is 0.267. The van der Waals surface area contributed by atoms with Crippen molar-refractivity contribution in [3.05, 3.63) is 92.7 Å². The summed E-state index contributed by atoms with van der Waals surface area (Å²) < 4.78 is 25.7. The van der Waals surface area contributed by atoms with Gasteiger partial charge in [-0.05, 0) is 82.0 Å². The van der Waals surface area contributed by atoms with Crippen LogP contribution in [-0.4, -0.2) is 6.61 Å². The minimum Gasteiger partial charge on any atom is -0.490 e. The van der Waals surface area contributed by atoms with E-state index in [-0.39, 0.29) is 12.4 Å². The second-order valence-corrected chi connectivity index (χ2v) is 7.65. The van der Waals surface area contributed by atoms with Gasteiger partial charge in [-0.3, -0.25) is 0 Å². The van der Waals surface area contributed by atoms with Crippen LogP contribution in [0.2, 0.25) is 5.02 Å². The highest BCUT2D eigenvalue weighted by molar-refractivity contribution is 9.10. The zero-order valence-electron chi connectivity index (χ0n) is 16.2. The van der Waals surface area contributed by atoms with Gasteiger partial charge in [-0.1, -0.05) is 35.9 Å². The number of benzene rings is 3. The molecule has 3 aromatic carbocycles. The summed E-state index contributed by atoms with van der Waals surface area (Å²) in [6.07, 6.45) is 1.77. The third kappa shape index (κ3) is 5.63. The van der Waals surface area contributed by atoms with Crippen molar-refractivity contribution < 1.29 is 13.9 Å². The van der Waals surface area contributed by atoms with Crippen LogP contribution in [0, 0.1) is 17.1 Å². The summed E-state index contributed by atoms with van der Waals surface area (Å²) in [4.78, 5) is 0. The van der Waals surface area contributed by atoms with Crippen LogP contribution in [0.15, 0.2) is 65.1 Å². The Balaban J connectivity index is 1.92. The Hall–Kier alpha value is -2.81. The lowest BCUT2D eigenvalue weighted by atomic mass is 10.0. The smallest absolute Gasteiger partial charge is 0.175 e. The average Bonchev–Trinajstić information content (AvgIpc) is 2.72. The van der Waals surface area contributed by atoms with Crippen molar-refractivity contribution in [2.75, 3.05) is 6.61 Å². The summed E-state index contributed by atoms with van der Waals surface area (Å²) in [5.41, 5.74) is 2.75. The van der Waals surface area contributed by atoms with Crippen molar-refractivity contribution in [2.45, 2.75) is 13.5 Å². The largest absolute Gasteiger partial charge is 0.490 e. The van der Waals surface area contributed by atoms with Gasteiger partial charge in [-0.25, -0.2) is 4.39 Å². The van der Waals surface area contributed by atoms with E-state index in [9.17, 15) is 9.65 Å². The number of nitrogens with zero attached hydrogens (tertiary/aromatic N) is 1. The predicted molar refractivity (Wildman–Crippen MR) is 121 cm³/mol. The Morgan fingerprint density at radius 2 is 1.90 bits per heavy atom. The Labute approximate surface area is 188 Å². The molecule has 0 atom stereocenters. The van der Waals surface area contributed by atoms with Crippen LogP contribution < -0.4 is 9.47 Å². The van der Waals surface area contributed by atoms with Gasteiger partial charge in [0.05, 0.1) is 22.7 Å². The number of hydrogen-bond donors (Lipinski definition) is 0. The lowest BCUT2D eigenvalue weighted by Crippen LogP contribution is -2.01. The third-order valence-electron chi connectivity index (χ3n) is 4.19. The molecule has 0 bridgehead atoms. The molecule has 0 N–H and O–H groups in total. The molecule has 0 aliphatic carbocycles. The van der Waals surface area contributed by atoms with E-state index >= 15 is 0 Å². The summed E-state index contributed by atoms with van der Waals surface area (Å²) in [5, 5.41) is 10.2. The first kappa shape index (κ1) is 21.9. The molecule has 0 saturated heterocycles. The van der Waals surface area contributed by atoms with E-state index in [0.29, 0.717) is 38.7 Å². The zero-order valence-corrected chi connectivity index (χ0v) is 18.5. The molecule has 0 heterocycles. The topological polar surface area (TPSA) is 42.2 Å². The first-order valence-electron chi connectivity index (χ1n) is 9.21. The Kier molecular flexibility index (Phi) is 7.51. The highest BCUT2D eigenvalue weighted by Gasteiger charge is 2.13. The maximum Gasteiger partial charge on any atom is 0.175 e. The number of hydrogen-bond acceptors (Lipinski definition) is 3. The van der Waals surface area contributed by atoms with Gasteiger partial charge in [0, 0.05) is 5.02 Å². The monoisotopic (exact) mass is 485 g/mol. The minimum absolute atomic E-state index is 0.194. The molecule has 0 amide bonds.